The second-order valence-corrected chi connectivity index (χ2v) is 5.28. The van der Waals surface area contributed by atoms with Crippen molar-refractivity contribution in [3.63, 3.8) is 0 Å². The summed E-state index contributed by atoms with van der Waals surface area (Å²) in [7, 11) is 1.38. The van der Waals surface area contributed by atoms with E-state index in [1.54, 1.807) is 23.5 Å². The van der Waals surface area contributed by atoms with Crippen molar-refractivity contribution in [3.05, 3.63) is 0 Å². The molecule has 0 atom stereocenters. The standard InChI is InChI=1S/C10H19NO2S2/c1-4-6-14-10(15-7-5-2)11-8-9(12)13-3/h4-8H2,1-3H3. The number of rotatable bonds is 6. The number of nitrogens with zero attached hydrogens (tertiary/aromatic N) is 1. The van der Waals surface area contributed by atoms with Crippen LogP contribution in [0.4, 0.5) is 0 Å². The first kappa shape index (κ1) is 14.8. The second kappa shape index (κ2) is 10.4. The lowest BCUT2D eigenvalue weighted by molar-refractivity contribution is -0.138. The lowest BCUT2D eigenvalue weighted by atomic mass is 10.6. The summed E-state index contributed by atoms with van der Waals surface area (Å²) >= 11 is 3.44. The molecule has 0 saturated carbocycles. The zero-order valence-electron chi connectivity index (χ0n) is 9.62. The molecule has 0 aliphatic heterocycles. The molecule has 0 heterocycles. The molecule has 0 saturated heterocycles. The number of carbonyl (C=O) groups excluding carboxylic acids is 1. The molecule has 0 fully saturated rings. The quantitative estimate of drug-likeness (QED) is 0.412. The largest absolute Gasteiger partial charge is 0.468 e. The minimum atomic E-state index is -0.276. The van der Waals surface area contributed by atoms with Crippen LogP contribution < -0.4 is 0 Å². The first-order valence-corrected chi connectivity index (χ1v) is 7.08. The Morgan fingerprint density at radius 2 is 1.73 bits per heavy atom. The highest BCUT2D eigenvalue weighted by Crippen LogP contribution is 2.18. The minimum absolute atomic E-state index is 0.138. The summed E-state index contributed by atoms with van der Waals surface area (Å²) in [6.07, 6.45) is 2.24. The monoisotopic (exact) mass is 249 g/mol. The Labute approximate surface area is 100 Å². The van der Waals surface area contributed by atoms with Gasteiger partial charge in [0.25, 0.3) is 0 Å². The van der Waals surface area contributed by atoms with Gasteiger partial charge in [0, 0.05) is 0 Å². The van der Waals surface area contributed by atoms with Crippen molar-refractivity contribution in [2.24, 2.45) is 4.99 Å². The van der Waals surface area contributed by atoms with Crippen molar-refractivity contribution in [2.45, 2.75) is 26.7 Å². The summed E-state index contributed by atoms with van der Waals surface area (Å²) < 4.78 is 5.55. The number of thioether (sulfide) groups is 2. The topological polar surface area (TPSA) is 38.7 Å². The number of carbonyl (C=O) groups is 1. The van der Waals surface area contributed by atoms with E-state index in [0.717, 1.165) is 28.7 Å². The van der Waals surface area contributed by atoms with E-state index in [-0.39, 0.29) is 12.5 Å². The van der Waals surface area contributed by atoms with Crippen molar-refractivity contribution in [2.75, 3.05) is 25.2 Å². The maximum absolute atomic E-state index is 10.9. The predicted octanol–water partition coefficient (Wildman–Crippen LogP) is 2.80. The van der Waals surface area contributed by atoms with Gasteiger partial charge >= 0.3 is 5.97 Å². The molecule has 3 nitrogen and oxygen atoms in total. The van der Waals surface area contributed by atoms with Gasteiger partial charge in [0.1, 0.15) is 10.9 Å². The van der Waals surface area contributed by atoms with Crippen molar-refractivity contribution >= 4 is 33.9 Å². The summed E-state index contributed by atoms with van der Waals surface area (Å²) in [4.78, 5) is 15.2. The molecular weight excluding hydrogens is 230 g/mol. The van der Waals surface area contributed by atoms with Gasteiger partial charge in [-0.05, 0) is 24.3 Å². The van der Waals surface area contributed by atoms with E-state index < -0.39 is 0 Å². The van der Waals surface area contributed by atoms with Crippen molar-refractivity contribution < 1.29 is 9.53 Å². The van der Waals surface area contributed by atoms with Gasteiger partial charge in [0.15, 0.2) is 0 Å². The smallest absolute Gasteiger partial charge is 0.327 e. The lowest BCUT2D eigenvalue weighted by Crippen LogP contribution is -2.06. The number of hydrogen-bond acceptors (Lipinski definition) is 5. The van der Waals surface area contributed by atoms with Crippen LogP contribution in [-0.2, 0) is 9.53 Å². The highest BCUT2D eigenvalue weighted by molar-refractivity contribution is 8.38. The molecule has 15 heavy (non-hydrogen) atoms. The summed E-state index contributed by atoms with van der Waals surface area (Å²) in [5.41, 5.74) is 0. The SMILES string of the molecule is CCCSC(=NCC(=O)OC)SCCC. The molecule has 0 aromatic carbocycles. The lowest BCUT2D eigenvalue weighted by Gasteiger charge is -2.03. The Hall–Kier alpha value is -0.160. The van der Waals surface area contributed by atoms with E-state index in [1.165, 1.54) is 7.11 Å². The third-order valence-electron chi connectivity index (χ3n) is 1.42. The highest BCUT2D eigenvalue weighted by Gasteiger charge is 2.03. The Bertz CT molecular complexity index is 198. The molecule has 0 unspecified atom stereocenters. The summed E-state index contributed by atoms with van der Waals surface area (Å²) in [5.74, 6) is 1.83. The van der Waals surface area contributed by atoms with E-state index in [4.69, 9.17) is 0 Å². The highest BCUT2D eigenvalue weighted by atomic mass is 32.2. The van der Waals surface area contributed by atoms with Crippen LogP contribution in [0.25, 0.3) is 0 Å². The minimum Gasteiger partial charge on any atom is -0.468 e. The first-order valence-electron chi connectivity index (χ1n) is 5.11. The summed E-state index contributed by atoms with van der Waals surface area (Å²) in [6.45, 7) is 4.41. The fraction of sp³-hybridized carbons (Fsp3) is 0.800. The van der Waals surface area contributed by atoms with Gasteiger partial charge in [-0.3, -0.25) is 9.79 Å². The van der Waals surface area contributed by atoms with Crippen molar-refractivity contribution in [1.82, 2.24) is 0 Å². The van der Waals surface area contributed by atoms with Crippen LogP contribution >= 0.6 is 23.5 Å². The molecule has 0 amide bonds. The van der Waals surface area contributed by atoms with Gasteiger partial charge in [0.05, 0.1) is 7.11 Å². The maximum atomic E-state index is 10.9. The van der Waals surface area contributed by atoms with E-state index >= 15 is 0 Å². The zero-order chi connectivity index (χ0) is 11.5. The van der Waals surface area contributed by atoms with E-state index in [2.05, 4.69) is 23.6 Å². The number of esters is 1. The average Bonchev–Trinajstić information content (AvgIpc) is 2.27. The van der Waals surface area contributed by atoms with Crippen LogP contribution in [0.5, 0.6) is 0 Å². The Kier molecular flexibility index (Phi) is 10.3. The van der Waals surface area contributed by atoms with Crippen molar-refractivity contribution in [3.8, 4) is 0 Å². The molecule has 0 aliphatic rings. The van der Waals surface area contributed by atoms with Gasteiger partial charge in [-0.15, -0.1) is 0 Å². The number of methoxy groups -OCH3 is 1. The fourth-order valence-electron chi connectivity index (χ4n) is 0.705. The van der Waals surface area contributed by atoms with Gasteiger partial charge in [0.2, 0.25) is 0 Å². The maximum Gasteiger partial charge on any atom is 0.327 e. The molecule has 0 radical (unpaired) electrons. The van der Waals surface area contributed by atoms with Crippen LogP contribution in [0.2, 0.25) is 0 Å². The third kappa shape index (κ3) is 8.81. The fourth-order valence-corrected chi connectivity index (χ4v) is 2.61. The summed E-state index contributed by atoms with van der Waals surface area (Å²) in [6, 6.07) is 0. The molecule has 0 aliphatic carbocycles. The Morgan fingerprint density at radius 1 is 1.20 bits per heavy atom. The molecule has 0 aromatic rings. The summed E-state index contributed by atoms with van der Waals surface area (Å²) in [5, 5.41) is 0. The molecule has 88 valence electrons. The molecule has 0 bridgehead atoms. The van der Waals surface area contributed by atoms with Gasteiger partial charge in [-0.25, -0.2) is 0 Å². The van der Waals surface area contributed by atoms with Crippen LogP contribution in [0.15, 0.2) is 4.99 Å². The van der Waals surface area contributed by atoms with Gasteiger partial charge < -0.3 is 4.74 Å². The molecule has 0 rings (SSSR count). The van der Waals surface area contributed by atoms with Crippen LogP contribution in [-0.4, -0.2) is 35.5 Å². The second-order valence-electron chi connectivity index (χ2n) is 2.86. The van der Waals surface area contributed by atoms with Gasteiger partial charge in [-0.1, -0.05) is 37.4 Å². The normalized spacial score (nSPS) is 9.80. The molecule has 0 spiro atoms. The Morgan fingerprint density at radius 3 is 2.13 bits per heavy atom. The number of ether oxygens (including phenoxy) is 1. The predicted molar refractivity (Wildman–Crippen MR) is 69.8 cm³/mol. The third-order valence-corrected chi connectivity index (χ3v) is 4.11. The van der Waals surface area contributed by atoms with Crippen molar-refractivity contribution in [1.29, 1.82) is 0 Å². The molecule has 0 N–H and O–H groups in total. The molecule has 0 aromatic heterocycles. The first-order chi connectivity index (χ1) is 7.24. The Balaban J connectivity index is 4.01. The van der Waals surface area contributed by atoms with E-state index in [9.17, 15) is 4.79 Å². The number of aliphatic imine (C=N–C) groups is 1. The number of hydrogen-bond donors (Lipinski definition) is 0. The van der Waals surface area contributed by atoms with Gasteiger partial charge in [-0.2, -0.15) is 0 Å². The van der Waals surface area contributed by atoms with Crippen LogP contribution in [0.3, 0.4) is 0 Å². The van der Waals surface area contributed by atoms with Crippen LogP contribution in [0.1, 0.15) is 26.7 Å². The molecular formula is C10H19NO2S2. The average molecular weight is 249 g/mol. The van der Waals surface area contributed by atoms with Crippen LogP contribution in [0, 0.1) is 0 Å². The van der Waals surface area contributed by atoms with E-state index in [0.29, 0.717) is 0 Å². The zero-order valence-corrected chi connectivity index (χ0v) is 11.2. The van der Waals surface area contributed by atoms with E-state index in [1.807, 2.05) is 0 Å². The molecule has 5 heteroatoms.